The van der Waals surface area contributed by atoms with E-state index in [4.69, 9.17) is 11.7 Å². The van der Waals surface area contributed by atoms with Crippen LogP contribution in [0.4, 0.5) is 0 Å². The Labute approximate surface area is 134 Å². The van der Waals surface area contributed by atoms with Crippen LogP contribution in [-0.4, -0.2) is 10.7 Å². The molecule has 5 nitrogen and oxygen atoms in total. The van der Waals surface area contributed by atoms with E-state index < -0.39 is 0 Å². The van der Waals surface area contributed by atoms with Gasteiger partial charge in [0.1, 0.15) is 0 Å². The molecular weight excluding hydrogens is 286 g/mol. The van der Waals surface area contributed by atoms with Gasteiger partial charge in [-0.05, 0) is 17.9 Å². The summed E-state index contributed by atoms with van der Waals surface area (Å²) in [4.78, 5) is 3.56. The summed E-state index contributed by atoms with van der Waals surface area (Å²) in [6.07, 6.45) is 1.76. The van der Waals surface area contributed by atoms with Crippen molar-refractivity contribution in [2.75, 3.05) is 5.84 Å². The zero-order chi connectivity index (χ0) is 16.4. The lowest BCUT2D eigenvalue weighted by Gasteiger charge is -2.29. The first-order valence-corrected chi connectivity index (χ1v) is 7.93. The highest BCUT2D eigenvalue weighted by Crippen LogP contribution is 2.38. The number of nitrogens with one attached hydrogen (secondary N) is 1. The Bertz CT molecular complexity index is 978. The van der Waals surface area contributed by atoms with Crippen molar-refractivity contribution in [3.63, 3.8) is 0 Å². The predicted molar refractivity (Wildman–Crippen MR) is 93.7 cm³/mol. The number of aromatic nitrogens is 2. The lowest BCUT2D eigenvalue weighted by molar-refractivity contribution is -0.652. The van der Waals surface area contributed by atoms with Crippen LogP contribution in [0, 0.1) is 12.3 Å². The molecule has 0 unspecified atom stereocenters. The third-order valence-electron chi connectivity index (χ3n) is 5.00. The second kappa shape index (κ2) is 4.47. The SMILES string of the molecule is Cc1c2c([nH]c3ccccc32)c2c([n+]1N)CC(C)(C)C/C2=N/N. The van der Waals surface area contributed by atoms with Crippen LogP contribution in [-0.2, 0) is 6.42 Å². The van der Waals surface area contributed by atoms with Crippen LogP contribution in [0.2, 0.25) is 0 Å². The molecule has 4 rings (SSSR count). The highest BCUT2D eigenvalue weighted by atomic mass is 15.3. The molecule has 0 radical (unpaired) electrons. The zero-order valence-electron chi connectivity index (χ0n) is 13.8. The molecule has 1 aliphatic rings. The molecule has 2 aromatic heterocycles. The van der Waals surface area contributed by atoms with Gasteiger partial charge < -0.3 is 10.8 Å². The first kappa shape index (κ1) is 14.1. The monoisotopic (exact) mass is 308 g/mol. The number of hydrogen-bond donors (Lipinski definition) is 3. The Hall–Kier alpha value is -2.56. The number of hydrogen-bond acceptors (Lipinski definition) is 3. The lowest BCUT2D eigenvalue weighted by Crippen LogP contribution is -2.54. The summed E-state index contributed by atoms with van der Waals surface area (Å²) in [6.45, 7) is 6.53. The maximum atomic E-state index is 6.46. The molecule has 23 heavy (non-hydrogen) atoms. The van der Waals surface area contributed by atoms with E-state index in [1.165, 1.54) is 5.39 Å². The topological polar surface area (TPSA) is 84.1 Å². The van der Waals surface area contributed by atoms with E-state index in [1.807, 2.05) is 10.7 Å². The number of aryl methyl sites for hydroxylation is 1. The molecule has 5 heteroatoms. The van der Waals surface area contributed by atoms with Gasteiger partial charge in [-0.3, -0.25) is 0 Å². The number of para-hydroxylation sites is 1. The molecule has 1 aromatic carbocycles. The number of aromatic amines is 1. The number of nitrogens with two attached hydrogens (primary N) is 2. The van der Waals surface area contributed by atoms with Gasteiger partial charge in [-0.25, -0.2) is 5.84 Å². The third kappa shape index (κ3) is 1.86. The minimum Gasteiger partial charge on any atom is -0.354 e. The molecule has 0 atom stereocenters. The minimum absolute atomic E-state index is 0.0957. The quantitative estimate of drug-likeness (QED) is 0.338. The molecule has 3 aromatic rings. The summed E-state index contributed by atoms with van der Waals surface area (Å²) in [5.41, 5.74) is 6.46. The van der Waals surface area contributed by atoms with Crippen molar-refractivity contribution in [3.8, 4) is 0 Å². The number of hydrazone groups is 1. The fraction of sp³-hybridized carbons (Fsp3) is 0.333. The van der Waals surface area contributed by atoms with Gasteiger partial charge in [-0.1, -0.05) is 36.7 Å². The van der Waals surface area contributed by atoms with Crippen molar-refractivity contribution >= 4 is 27.5 Å². The summed E-state index contributed by atoms with van der Waals surface area (Å²) in [6, 6.07) is 8.31. The Morgan fingerprint density at radius 2 is 1.96 bits per heavy atom. The number of benzene rings is 1. The van der Waals surface area contributed by atoms with Gasteiger partial charge in [-0.2, -0.15) is 5.10 Å². The second-order valence-electron chi connectivity index (χ2n) is 7.29. The molecule has 0 fully saturated rings. The van der Waals surface area contributed by atoms with Gasteiger partial charge in [-0.15, -0.1) is 0 Å². The van der Waals surface area contributed by atoms with Crippen LogP contribution in [0.3, 0.4) is 0 Å². The van der Waals surface area contributed by atoms with Gasteiger partial charge in [0.05, 0.1) is 22.2 Å². The minimum atomic E-state index is 0.0957. The molecule has 118 valence electrons. The van der Waals surface area contributed by atoms with Crippen LogP contribution in [0.25, 0.3) is 21.8 Å². The number of pyridine rings is 1. The second-order valence-corrected chi connectivity index (χ2v) is 7.29. The summed E-state index contributed by atoms with van der Waals surface area (Å²) in [7, 11) is 0. The highest BCUT2D eigenvalue weighted by Gasteiger charge is 2.39. The average molecular weight is 308 g/mol. The van der Waals surface area contributed by atoms with Crippen molar-refractivity contribution in [1.82, 2.24) is 4.98 Å². The van der Waals surface area contributed by atoms with Crippen LogP contribution < -0.4 is 16.4 Å². The number of H-pyrrole nitrogens is 1. The van der Waals surface area contributed by atoms with E-state index in [0.717, 1.165) is 51.9 Å². The maximum absolute atomic E-state index is 6.46. The van der Waals surface area contributed by atoms with E-state index in [-0.39, 0.29) is 5.41 Å². The summed E-state index contributed by atoms with van der Waals surface area (Å²) >= 11 is 0. The Morgan fingerprint density at radius 3 is 2.70 bits per heavy atom. The molecule has 0 amide bonds. The first-order chi connectivity index (χ1) is 10.9. The largest absolute Gasteiger partial charge is 0.354 e. The predicted octanol–water partition coefficient (Wildman–Crippen LogP) is 2.27. The van der Waals surface area contributed by atoms with Crippen LogP contribution in [0.5, 0.6) is 0 Å². The van der Waals surface area contributed by atoms with Crippen LogP contribution >= 0.6 is 0 Å². The fourth-order valence-corrected chi connectivity index (χ4v) is 3.94. The fourth-order valence-electron chi connectivity index (χ4n) is 3.94. The normalized spacial score (nSPS) is 18.7. The molecule has 1 aliphatic carbocycles. The van der Waals surface area contributed by atoms with Crippen molar-refractivity contribution in [2.45, 2.75) is 33.6 Å². The Kier molecular flexibility index (Phi) is 2.73. The van der Waals surface area contributed by atoms with E-state index >= 15 is 0 Å². The van der Waals surface area contributed by atoms with E-state index in [1.54, 1.807) is 0 Å². The number of nitrogen functional groups attached to an aromatic ring is 1. The zero-order valence-corrected chi connectivity index (χ0v) is 13.8. The van der Waals surface area contributed by atoms with Crippen molar-refractivity contribution < 1.29 is 4.68 Å². The van der Waals surface area contributed by atoms with Crippen LogP contribution in [0.1, 0.15) is 37.2 Å². The molecular formula is C18H22N5+. The van der Waals surface area contributed by atoms with Gasteiger partial charge in [0.15, 0.2) is 0 Å². The molecule has 0 aliphatic heterocycles. The molecule has 0 saturated heterocycles. The van der Waals surface area contributed by atoms with E-state index in [9.17, 15) is 0 Å². The smallest absolute Gasteiger partial charge is 0.223 e. The van der Waals surface area contributed by atoms with Gasteiger partial charge in [0.2, 0.25) is 11.4 Å². The van der Waals surface area contributed by atoms with Crippen molar-refractivity contribution in [3.05, 3.63) is 41.2 Å². The number of rotatable bonds is 0. The van der Waals surface area contributed by atoms with Gasteiger partial charge >= 0.3 is 0 Å². The van der Waals surface area contributed by atoms with Crippen molar-refractivity contribution in [1.29, 1.82) is 0 Å². The first-order valence-electron chi connectivity index (χ1n) is 7.93. The molecule has 0 saturated carbocycles. The van der Waals surface area contributed by atoms with Crippen molar-refractivity contribution in [2.24, 2.45) is 16.4 Å². The van der Waals surface area contributed by atoms with Gasteiger partial charge in [0.25, 0.3) is 0 Å². The van der Waals surface area contributed by atoms with E-state index in [2.05, 4.69) is 49.1 Å². The molecule has 2 heterocycles. The Balaban J connectivity index is 2.22. The van der Waals surface area contributed by atoms with Gasteiger partial charge in [0, 0.05) is 24.2 Å². The molecule has 0 bridgehead atoms. The van der Waals surface area contributed by atoms with E-state index in [0.29, 0.717) is 0 Å². The summed E-state index contributed by atoms with van der Waals surface area (Å²) in [5.74, 6) is 12.2. The standard InChI is InChI=1S/C18H21N5/c1-10-15-11-6-4-5-7-12(11)21-17(15)16-13(22-19)8-18(2,3)9-14(16)23(10)20/h4-7H,8-9,19-20H2,1-3H3/p+1/b22-13-. The number of fused-ring (bicyclic) bond motifs is 5. The lowest BCUT2D eigenvalue weighted by atomic mass is 9.74. The number of nitrogens with zero attached hydrogens (tertiary/aromatic N) is 2. The molecule has 0 spiro atoms. The summed E-state index contributed by atoms with van der Waals surface area (Å²) < 4.78 is 1.82. The average Bonchev–Trinajstić information content (AvgIpc) is 2.90. The third-order valence-corrected chi connectivity index (χ3v) is 5.00. The summed E-state index contributed by atoms with van der Waals surface area (Å²) in [5, 5.41) is 6.44. The Morgan fingerprint density at radius 1 is 1.22 bits per heavy atom. The highest BCUT2D eigenvalue weighted by molar-refractivity contribution is 6.18. The van der Waals surface area contributed by atoms with Crippen LogP contribution in [0.15, 0.2) is 29.4 Å². The maximum Gasteiger partial charge on any atom is 0.223 e. The molecule has 5 N–H and O–H groups in total.